The molecule has 0 heterocycles. The second kappa shape index (κ2) is 6.14. The molecule has 1 aromatic rings. The highest BCUT2D eigenvalue weighted by Crippen LogP contribution is 2.29. The summed E-state index contributed by atoms with van der Waals surface area (Å²) in [7, 11) is -1.93. The van der Waals surface area contributed by atoms with Crippen LogP contribution in [0.2, 0.25) is 0 Å². The van der Waals surface area contributed by atoms with E-state index in [1.54, 1.807) is 20.0 Å². The number of nitrogens with zero attached hydrogens (tertiary/aromatic N) is 1. The van der Waals surface area contributed by atoms with Crippen LogP contribution < -0.4 is 5.73 Å². The third-order valence-electron chi connectivity index (χ3n) is 3.68. The van der Waals surface area contributed by atoms with Gasteiger partial charge in [-0.05, 0) is 44.2 Å². The maximum atomic E-state index is 12.8. The molecule has 0 amide bonds. The van der Waals surface area contributed by atoms with Gasteiger partial charge in [0, 0.05) is 13.1 Å². The van der Waals surface area contributed by atoms with Gasteiger partial charge in [0.25, 0.3) is 0 Å². The molecular formula is C15H26N2O2S. The molecule has 20 heavy (non-hydrogen) atoms. The summed E-state index contributed by atoms with van der Waals surface area (Å²) in [5, 5.41) is 0. The van der Waals surface area contributed by atoms with Crippen molar-refractivity contribution in [3.8, 4) is 0 Å². The fourth-order valence-electron chi connectivity index (χ4n) is 2.36. The van der Waals surface area contributed by atoms with E-state index in [1.807, 2.05) is 19.9 Å². The predicted molar refractivity (Wildman–Crippen MR) is 84.2 cm³/mol. The van der Waals surface area contributed by atoms with Gasteiger partial charge >= 0.3 is 0 Å². The van der Waals surface area contributed by atoms with E-state index in [2.05, 4.69) is 13.8 Å². The van der Waals surface area contributed by atoms with Crippen LogP contribution in [0.15, 0.2) is 17.0 Å². The van der Waals surface area contributed by atoms with E-state index in [0.717, 1.165) is 12.0 Å². The lowest BCUT2D eigenvalue weighted by Gasteiger charge is -2.27. The Kier molecular flexibility index (Phi) is 5.21. The van der Waals surface area contributed by atoms with Crippen LogP contribution in [-0.2, 0) is 10.0 Å². The highest BCUT2D eigenvalue weighted by atomic mass is 32.2. The Morgan fingerprint density at radius 2 is 1.65 bits per heavy atom. The third-order valence-corrected chi connectivity index (χ3v) is 5.86. The van der Waals surface area contributed by atoms with Crippen LogP contribution in [0.1, 0.15) is 38.3 Å². The molecular weight excluding hydrogens is 272 g/mol. The number of benzene rings is 1. The molecule has 0 saturated heterocycles. The van der Waals surface area contributed by atoms with Gasteiger partial charge in [-0.25, -0.2) is 8.42 Å². The minimum absolute atomic E-state index is 0.0562. The molecule has 1 rings (SSSR count). The first-order valence-corrected chi connectivity index (χ1v) is 8.36. The minimum Gasteiger partial charge on any atom is -0.397 e. The van der Waals surface area contributed by atoms with Gasteiger partial charge in [-0.3, -0.25) is 0 Å². The van der Waals surface area contributed by atoms with Crippen molar-refractivity contribution < 1.29 is 8.42 Å². The highest BCUT2D eigenvalue weighted by molar-refractivity contribution is 7.89. The van der Waals surface area contributed by atoms with E-state index in [-0.39, 0.29) is 10.9 Å². The number of hydrogen-bond donors (Lipinski definition) is 1. The number of hydrogen-bond acceptors (Lipinski definition) is 3. The molecule has 0 aromatic heterocycles. The van der Waals surface area contributed by atoms with Crippen LogP contribution in [-0.4, -0.2) is 25.8 Å². The van der Waals surface area contributed by atoms with E-state index >= 15 is 0 Å². The molecule has 0 fully saturated rings. The predicted octanol–water partition coefficient (Wildman–Crippen LogP) is 2.94. The van der Waals surface area contributed by atoms with Gasteiger partial charge in [-0.1, -0.05) is 26.0 Å². The minimum atomic E-state index is -3.56. The lowest BCUT2D eigenvalue weighted by molar-refractivity contribution is 0.338. The summed E-state index contributed by atoms with van der Waals surface area (Å²) in [5.41, 5.74) is 7.84. The maximum absolute atomic E-state index is 12.8. The Morgan fingerprint density at radius 1 is 1.15 bits per heavy atom. The molecule has 4 nitrogen and oxygen atoms in total. The number of rotatable bonds is 5. The number of sulfonamides is 1. The average molecular weight is 298 g/mol. The van der Waals surface area contributed by atoms with E-state index in [9.17, 15) is 8.42 Å². The zero-order valence-electron chi connectivity index (χ0n) is 13.3. The average Bonchev–Trinajstić information content (AvgIpc) is 2.32. The number of anilines is 1. The van der Waals surface area contributed by atoms with E-state index in [4.69, 9.17) is 5.73 Å². The second-order valence-corrected chi connectivity index (χ2v) is 7.88. The number of nitrogen functional groups attached to an aromatic ring is 1. The van der Waals surface area contributed by atoms with Gasteiger partial charge in [0.1, 0.15) is 4.90 Å². The zero-order valence-corrected chi connectivity index (χ0v) is 14.1. The van der Waals surface area contributed by atoms with Crippen LogP contribution in [0, 0.1) is 19.8 Å². The van der Waals surface area contributed by atoms with Crippen LogP contribution in [0.5, 0.6) is 0 Å². The third kappa shape index (κ3) is 3.33. The van der Waals surface area contributed by atoms with Crippen molar-refractivity contribution in [3.05, 3.63) is 23.3 Å². The topological polar surface area (TPSA) is 63.4 Å². The Labute approximate surface area is 123 Å². The Bertz CT molecular complexity index is 580. The van der Waals surface area contributed by atoms with Crippen molar-refractivity contribution in [2.75, 3.05) is 12.8 Å². The first-order chi connectivity index (χ1) is 9.09. The second-order valence-electron chi connectivity index (χ2n) is 5.94. The molecule has 0 saturated carbocycles. The Hall–Kier alpha value is -1.07. The molecule has 0 aliphatic rings. The zero-order chi connectivity index (χ0) is 15.7. The van der Waals surface area contributed by atoms with Crippen molar-refractivity contribution in [3.63, 3.8) is 0 Å². The van der Waals surface area contributed by atoms with Crippen LogP contribution in [0.3, 0.4) is 0 Å². The van der Waals surface area contributed by atoms with Crippen molar-refractivity contribution >= 4 is 15.7 Å². The van der Waals surface area contributed by atoms with Gasteiger partial charge < -0.3 is 5.73 Å². The monoisotopic (exact) mass is 298 g/mol. The summed E-state index contributed by atoms with van der Waals surface area (Å²) in [5.74, 6) is 0.443. The summed E-state index contributed by atoms with van der Waals surface area (Å²) in [6.45, 7) is 9.71. The van der Waals surface area contributed by atoms with Gasteiger partial charge in [-0.2, -0.15) is 4.31 Å². The van der Waals surface area contributed by atoms with E-state index < -0.39 is 10.0 Å². The molecule has 2 N–H and O–H groups in total. The summed E-state index contributed by atoms with van der Waals surface area (Å²) >= 11 is 0. The largest absolute Gasteiger partial charge is 0.397 e. The maximum Gasteiger partial charge on any atom is 0.245 e. The molecule has 0 aliphatic carbocycles. The van der Waals surface area contributed by atoms with Crippen LogP contribution in [0.4, 0.5) is 5.69 Å². The number of aryl methyl sites for hydroxylation is 2. The summed E-state index contributed by atoms with van der Waals surface area (Å²) in [4.78, 5) is 0.246. The van der Waals surface area contributed by atoms with Crippen LogP contribution >= 0.6 is 0 Å². The first-order valence-electron chi connectivity index (χ1n) is 6.92. The van der Waals surface area contributed by atoms with Gasteiger partial charge in [0.2, 0.25) is 10.0 Å². The molecule has 5 heteroatoms. The molecule has 0 bridgehead atoms. The molecule has 1 aromatic carbocycles. The van der Waals surface area contributed by atoms with E-state index in [1.165, 1.54) is 4.31 Å². The first kappa shape index (κ1) is 17.0. The standard InChI is InChI=1S/C15H26N2O2S/c1-10(2)9-13(5)17(6)20(18,19)15-12(4)8-7-11(3)14(15)16/h7-8,10,13H,9,16H2,1-6H3. The molecule has 0 spiro atoms. The lowest BCUT2D eigenvalue weighted by Crippen LogP contribution is -2.36. The SMILES string of the molecule is Cc1ccc(C)c(S(=O)(=O)N(C)C(C)CC(C)C)c1N. The molecule has 114 valence electrons. The quantitative estimate of drug-likeness (QED) is 0.850. The molecule has 0 aliphatic heterocycles. The Balaban J connectivity index is 3.27. The Morgan fingerprint density at radius 3 is 2.15 bits per heavy atom. The van der Waals surface area contributed by atoms with Crippen molar-refractivity contribution in [2.45, 2.75) is 52.0 Å². The summed E-state index contributed by atoms with van der Waals surface area (Å²) in [6.07, 6.45) is 0.820. The van der Waals surface area contributed by atoms with Crippen molar-refractivity contribution in [1.29, 1.82) is 0 Å². The highest BCUT2D eigenvalue weighted by Gasteiger charge is 2.29. The van der Waals surface area contributed by atoms with E-state index in [0.29, 0.717) is 17.2 Å². The molecule has 1 unspecified atom stereocenters. The fourth-order valence-corrected chi connectivity index (χ4v) is 4.12. The smallest absolute Gasteiger partial charge is 0.245 e. The van der Waals surface area contributed by atoms with Gasteiger partial charge in [0.15, 0.2) is 0 Å². The summed E-state index contributed by atoms with van der Waals surface area (Å²) in [6, 6.07) is 3.60. The lowest BCUT2D eigenvalue weighted by atomic mass is 10.1. The van der Waals surface area contributed by atoms with Crippen molar-refractivity contribution in [2.24, 2.45) is 5.92 Å². The van der Waals surface area contributed by atoms with Gasteiger partial charge in [-0.15, -0.1) is 0 Å². The van der Waals surface area contributed by atoms with Crippen molar-refractivity contribution in [1.82, 2.24) is 4.31 Å². The fraction of sp³-hybridized carbons (Fsp3) is 0.600. The summed E-state index contributed by atoms with van der Waals surface area (Å²) < 4.78 is 27.0. The molecule has 1 atom stereocenters. The molecule has 0 radical (unpaired) electrons. The van der Waals surface area contributed by atoms with Crippen LogP contribution in [0.25, 0.3) is 0 Å². The number of nitrogens with two attached hydrogens (primary N) is 1. The van der Waals surface area contributed by atoms with Gasteiger partial charge in [0.05, 0.1) is 5.69 Å². The normalized spacial score (nSPS) is 14.0.